The van der Waals surface area contributed by atoms with Gasteiger partial charge < -0.3 is 15.4 Å². The second-order valence-corrected chi connectivity index (χ2v) is 6.41. The summed E-state index contributed by atoms with van der Waals surface area (Å²) in [6, 6.07) is 7.48. The van der Waals surface area contributed by atoms with Gasteiger partial charge in [0.05, 0.1) is 6.10 Å². The van der Waals surface area contributed by atoms with Crippen LogP contribution in [-0.4, -0.2) is 47.1 Å². The Morgan fingerprint density at radius 3 is 2.56 bits per heavy atom. The van der Waals surface area contributed by atoms with Crippen LogP contribution in [0.25, 0.3) is 11.1 Å². The van der Waals surface area contributed by atoms with Crippen LogP contribution in [0.1, 0.15) is 36.0 Å². The standard InChI is InChI=1S/C19H24N4O2/c1-23(10-9-17-4-2-3-11-25-17)18(24)15-7-5-14(6-8-15)16-12-21-19(20)22-13-16/h5-8,12-13,17H,2-4,9-11H2,1H3,(H2,20,21,22). The molecule has 1 unspecified atom stereocenters. The summed E-state index contributed by atoms with van der Waals surface area (Å²) in [6.07, 6.45) is 8.00. The summed E-state index contributed by atoms with van der Waals surface area (Å²) in [5.41, 5.74) is 8.00. The molecule has 0 radical (unpaired) electrons. The van der Waals surface area contributed by atoms with Crippen LogP contribution in [0.2, 0.25) is 0 Å². The Morgan fingerprint density at radius 1 is 1.20 bits per heavy atom. The van der Waals surface area contributed by atoms with E-state index in [0.29, 0.717) is 12.1 Å². The first-order valence-corrected chi connectivity index (χ1v) is 8.68. The fourth-order valence-corrected chi connectivity index (χ4v) is 2.99. The first kappa shape index (κ1) is 17.4. The number of nitrogens with zero attached hydrogens (tertiary/aromatic N) is 3. The van der Waals surface area contributed by atoms with Crippen LogP contribution in [0.3, 0.4) is 0 Å². The van der Waals surface area contributed by atoms with Crippen LogP contribution in [0.5, 0.6) is 0 Å². The lowest BCUT2D eigenvalue weighted by molar-refractivity contribution is 0.00709. The van der Waals surface area contributed by atoms with Crippen molar-refractivity contribution >= 4 is 11.9 Å². The number of amides is 1. The molecule has 1 aromatic carbocycles. The Labute approximate surface area is 148 Å². The van der Waals surface area contributed by atoms with Crippen molar-refractivity contribution in [2.24, 2.45) is 0 Å². The van der Waals surface area contributed by atoms with Gasteiger partial charge in [-0.1, -0.05) is 12.1 Å². The van der Waals surface area contributed by atoms with Crippen molar-refractivity contribution in [1.82, 2.24) is 14.9 Å². The molecule has 1 saturated heterocycles. The van der Waals surface area contributed by atoms with Crippen molar-refractivity contribution in [3.63, 3.8) is 0 Å². The average Bonchev–Trinajstić information content (AvgIpc) is 2.67. The Kier molecular flexibility index (Phi) is 5.60. The molecule has 0 bridgehead atoms. The number of nitrogen functional groups attached to an aromatic ring is 1. The molecule has 1 aliphatic rings. The largest absolute Gasteiger partial charge is 0.378 e. The van der Waals surface area contributed by atoms with E-state index in [4.69, 9.17) is 10.5 Å². The zero-order valence-electron chi connectivity index (χ0n) is 14.5. The van der Waals surface area contributed by atoms with Crippen molar-refractivity contribution in [2.45, 2.75) is 31.8 Å². The van der Waals surface area contributed by atoms with Gasteiger partial charge in [-0.25, -0.2) is 9.97 Å². The van der Waals surface area contributed by atoms with Gasteiger partial charge in [-0.15, -0.1) is 0 Å². The molecular formula is C19H24N4O2. The molecule has 0 saturated carbocycles. The maximum absolute atomic E-state index is 12.6. The molecule has 1 aliphatic heterocycles. The summed E-state index contributed by atoms with van der Waals surface area (Å²) in [6.45, 7) is 1.55. The van der Waals surface area contributed by atoms with Crippen LogP contribution in [0.4, 0.5) is 5.95 Å². The van der Waals surface area contributed by atoms with Gasteiger partial charge in [-0.2, -0.15) is 0 Å². The van der Waals surface area contributed by atoms with E-state index in [-0.39, 0.29) is 18.0 Å². The number of nitrogens with two attached hydrogens (primary N) is 1. The predicted octanol–water partition coefficient (Wildman–Crippen LogP) is 2.76. The summed E-state index contributed by atoms with van der Waals surface area (Å²) in [5, 5.41) is 0. The van der Waals surface area contributed by atoms with Gasteiger partial charge in [-0.05, 0) is 43.4 Å². The molecule has 1 atom stereocenters. The van der Waals surface area contributed by atoms with Crippen molar-refractivity contribution in [2.75, 3.05) is 25.9 Å². The van der Waals surface area contributed by atoms with E-state index < -0.39 is 0 Å². The van der Waals surface area contributed by atoms with Crippen LogP contribution >= 0.6 is 0 Å². The van der Waals surface area contributed by atoms with Crippen molar-refractivity contribution in [1.29, 1.82) is 0 Å². The van der Waals surface area contributed by atoms with E-state index >= 15 is 0 Å². The summed E-state index contributed by atoms with van der Waals surface area (Å²) < 4.78 is 5.73. The molecular weight excluding hydrogens is 316 g/mol. The lowest BCUT2D eigenvalue weighted by atomic mass is 10.1. The highest BCUT2D eigenvalue weighted by Gasteiger charge is 2.17. The van der Waals surface area contributed by atoms with Crippen LogP contribution in [0, 0.1) is 0 Å². The third-order valence-corrected chi connectivity index (χ3v) is 4.54. The molecule has 132 valence electrons. The number of rotatable bonds is 5. The van der Waals surface area contributed by atoms with Crippen LogP contribution in [0.15, 0.2) is 36.7 Å². The Hall–Kier alpha value is -2.47. The monoisotopic (exact) mass is 340 g/mol. The smallest absolute Gasteiger partial charge is 0.253 e. The maximum Gasteiger partial charge on any atom is 0.253 e. The SMILES string of the molecule is CN(CCC1CCCCO1)C(=O)c1ccc(-c2cnc(N)nc2)cc1. The van der Waals surface area contributed by atoms with E-state index in [1.165, 1.54) is 6.42 Å². The predicted molar refractivity (Wildman–Crippen MR) is 97.0 cm³/mol. The number of hydrogen-bond donors (Lipinski definition) is 1. The molecule has 25 heavy (non-hydrogen) atoms. The van der Waals surface area contributed by atoms with Gasteiger partial charge in [0, 0.05) is 43.7 Å². The Balaban J connectivity index is 1.58. The van der Waals surface area contributed by atoms with Crippen molar-refractivity contribution in [3.05, 3.63) is 42.2 Å². The molecule has 0 spiro atoms. The number of anilines is 1. The topological polar surface area (TPSA) is 81.3 Å². The Morgan fingerprint density at radius 2 is 1.92 bits per heavy atom. The zero-order chi connectivity index (χ0) is 17.6. The molecule has 2 heterocycles. The number of hydrogen-bond acceptors (Lipinski definition) is 5. The molecule has 2 aromatic rings. The number of benzene rings is 1. The summed E-state index contributed by atoms with van der Waals surface area (Å²) in [5.74, 6) is 0.273. The molecule has 1 fully saturated rings. The maximum atomic E-state index is 12.6. The third-order valence-electron chi connectivity index (χ3n) is 4.54. The Bertz CT molecular complexity index is 694. The van der Waals surface area contributed by atoms with Crippen LogP contribution < -0.4 is 5.73 Å². The van der Waals surface area contributed by atoms with Gasteiger partial charge >= 0.3 is 0 Å². The first-order chi connectivity index (χ1) is 12.1. The highest BCUT2D eigenvalue weighted by molar-refractivity contribution is 5.94. The summed E-state index contributed by atoms with van der Waals surface area (Å²) >= 11 is 0. The molecule has 6 nitrogen and oxygen atoms in total. The van der Waals surface area contributed by atoms with Crippen molar-refractivity contribution < 1.29 is 9.53 Å². The number of carbonyl (C=O) groups is 1. The molecule has 0 aliphatic carbocycles. The highest BCUT2D eigenvalue weighted by atomic mass is 16.5. The van der Waals surface area contributed by atoms with E-state index in [9.17, 15) is 4.79 Å². The second kappa shape index (κ2) is 8.07. The minimum atomic E-state index is 0.0240. The molecule has 6 heteroatoms. The van der Waals surface area contributed by atoms with Crippen molar-refractivity contribution in [3.8, 4) is 11.1 Å². The van der Waals surface area contributed by atoms with Crippen LogP contribution in [-0.2, 0) is 4.74 Å². The summed E-state index contributed by atoms with van der Waals surface area (Å²) in [7, 11) is 1.84. The minimum absolute atomic E-state index is 0.0240. The van der Waals surface area contributed by atoms with E-state index in [0.717, 1.165) is 37.0 Å². The lowest BCUT2D eigenvalue weighted by Crippen LogP contribution is -2.31. The molecule has 1 aromatic heterocycles. The first-order valence-electron chi connectivity index (χ1n) is 8.68. The normalized spacial score (nSPS) is 17.2. The molecule has 3 rings (SSSR count). The third kappa shape index (κ3) is 4.54. The zero-order valence-corrected chi connectivity index (χ0v) is 14.5. The summed E-state index contributed by atoms with van der Waals surface area (Å²) in [4.78, 5) is 22.3. The van der Waals surface area contributed by atoms with E-state index in [1.807, 2.05) is 31.3 Å². The number of carbonyl (C=O) groups excluding carboxylic acids is 1. The van der Waals surface area contributed by atoms with Gasteiger partial charge in [0.15, 0.2) is 0 Å². The average molecular weight is 340 g/mol. The fraction of sp³-hybridized carbons (Fsp3) is 0.421. The van der Waals surface area contributed by atoms with Gasteiger partial charge in [0.2, 0.25) is 5.95 Å². The highest BCUT2D eigenvalue weighted by Crippen LogP contribution is 2.20. The fourth-order valence-electron chi connectivity index (χ4n) is 2.99. The van der Waals surface area contributed by atoms with E-state index in [1.54, 1.807) is 17.3 Å². The second-order valence-electron chi connectivity index (χ2n) is 6.41. The number of ether oxygens (including phenoxy) is 1. The minimum Gasteiger partial charge on any atom is -0.378 e. The van der Waals surface area contributed by atoms with Gasteiger partial charge in [0.1, 0.15) is 0 Å². The van der Waals surface area contributed by atoms with E-state index in [2.05, 4.69) is 9.97 Å². The number of aromatic nitrogens is 2. The quantitative estimate of drug-likeness (QED) is 0.905. The van der Waals surface area contributed by atoms with Gasteiger partial charge in [-0.3, -0.25) is 4.79 Å². The molecule has 2 N–H and O–H groups in total. The van der Waals surface area contributed by atoms with Gasteiger partial charge in [0.25, 0.3) is 5.91 Å². The lowest BCUT2D eigenvalue weighted by Gasteiger charge is -2.25. The molecule has 1 amide bonds.